The molecule has 0 heterocycles. The van der Waals surface area contributed by atoms with Gasteiger partial charge in [0.1, 0.15) is 23.3 Å². The van der Waals surface area contributed by atoms with Crippen LogP contribution in [0.4, 0.5) is 0 Å². The number of nitrogens with two attached hydrogens (primary N) is 1. The van der Waals surface area contributed by atoms with Crippen LogP contribution in [0.25, 0.3) is 0 Å². The van der Waals surface area contributed by atoms with Crippen LogP contribution in [0, 0.1) is 16.7 Å². The van der Waals surface area contributed by atoms with Crippen molar-refractivity contribution in [2.45, 2.75) is 37.8 Å². The SMILES string of the molecule is COc1cc(OC2CCC(NC(=O)C(=N)/C=C\C(=[NH2+])Cl)CC2)ccc1C#N. The fourth-order valence-electron chi connectivity index (χ4n) is 2.86. The van der Waals surface area contributed by atoms with Gasteiger partial charge in [0.25, 0.3) is 11.1 Å². The van der Waals surface area contributed by atoms with Crippen molar-refractivity contribution in [3.63, 3.8) is 0 Å². The van der Waals surface area contributed by atoms with Gasteiger partial charge in [-0.2, -0.15) is 5.26 Å². The highest BCUT2D eigenvalue weighted by molar-refractivity contribution is 6.66. The molecule has 0 saturated heterocycles. The summed E-state index contributed by atoms with van der Waals surface area (Å²) in [4.78, 5) is 12.0. The fraction of sp³-hybridized carbons (Fsp3) is 0.368. The third kappa shape index (κ3) is 6.12. The number of halogens is 1. The molecule has 142 valence electrons. The van der Waals surface area contributed by atoms with Crippen molar-refractivity contribution < 1.29 is 19.7 Å². The van der Waals surface area contributed by atoms with Crippen LogP contribution in [0.2, 0.25) is 0 Å². The number of carbonyl (C=O) groups is 1. The van der Waals surface area contributed by atoms with Crippen LogP contribution >= 0.6 is 11.6 Å². The number of hydrogen-bond donors (Lipinski definition) is 3. The van der Waals surface area contributed by atoms with Crippen LogP contribution in [0.3, 0.4) is 0 Å². The van der Waals surface area contributed by atoms with E-state index in [1.807, 2.05) is 0 Å². The Hall–Kier alpha value is -2.85. The summed E-state index contributed by atoms with van der Waals surface area (Å²) >= 11 is 5.48. The smallest absolute Gasteiger partial charge is 0.269 e. The molecule has 8 heteroatoms. The van der Waals surface area contributed by atoms with Crippen molar-refractivity contribution in [3.8, 4) is 17.6 Å². The lowest BCUT2D eigenvalue weighted by Crippen LogP contribution is -2.42. The number of amides is 1. The van der Waals surface area contributed by atoms with Gasteiger partial charge in [-0.05, 0) is 55.5 Å². The van der Waals surface area contributed by atoms with Gasteiger partial charge in [0.2, 0.25) is 0 Å². The van der Waals surface area contributed by atoms with Crippen LogP contribution < -0.4 is 20.2 Å². The summed E-state index contributed by atoms with van der Waals surface area (Å²) in [5, 5.41) is 24.8. The molecular formula is C19H22ClN4O3+. The minimum atomic E-state index is -0.453. The van der Waals surface area contributed by atoms with Crippen LogP contribution in [-0.2, 0) is 4.79 Å². The third-order valence-corrected chi connectivity index (χ3v) is 4.39. The molecule has 1 amide bonds. The predicted molar refractivity (Wildman–Crippen MR) is 102 cm³/mol. The molecule has 27 heavy (non-hydrogen) atoms. The molecular weight excluding hydrogens is 368 g/mol. The Morgan fingerprint density at radius 1 is 1.37 bits per heavy atom. The maximum Gasteiger partial charge on any atom is 0.269 e. The normalized spacial score (nSPS) is 19.1. The molecule has 1 aromatic carbocycles. The number of nitrogens with zero attached hydrogens (tertiary/aromatic N) is 1. The Bertz CT molecular complexity index is 793. The van der Waals surface area contributed by atoms with Crippen LogP contribution in [-0.4, -0.2) is 36.0 Å². The van der Waals surface area contributed by atoms with Gasteiger partial charge in [-0.25, -0.2) is 5.41 Å². The predicted octanol–water partition coefficient (Wildman–Crippen LogP) is 1.35. The zero-order chi connectivity index (χ0) is 19.8. The van der Waals surface area contributed by atoms with Crippen molar-refractivity contribution >= 4 is 28.4 Å². The number of nitriles is 1. The number of carbonyl (C=O) groups excluding carboxylic acids is 1. The van der Waals surface area contributed by atoms with E-state index in [0.717, 1.165) is 25.7 Å². The van der Waals surface area contributed by atoms with Gasteiger partial charge in [-0.1, -0.05) is 0 Å². The van der Waals surface area contributed by atoms with E-state index in [0.29, 0.717) is 17.1 Å². The number of ether oxygens (including phenoxy) is 2. The number of allylic oxidation sites excluding steroid dienone is 1. The fourth-order valence-corrected chi connectivity index (χ4v) is 2.92. The van der Waals surface area contributed by atoms with E-state index in [-0.39, 0.29) is 23.0 Å². The zero-order valence-electron chi connectivity index (χ0n) is 15.0. The summed E-state index contributed by atoms with van der Waals surface area (Å²) in [6, 6.07) is 7.20. The summed E-state index contributed by atoms with van der Waals surface area (Å²) in [6.45, 7) is 0. The Labute approximate surface area is 162 Å². The van der Waals surface area contributed by atoms with Crippen molar-refractivity contribution in [1.82, 2.24) is 5.32 Å². The number of nitrogens with one attached hydrogen (secondary N) is 2. The Balaban J connectivity index is 1.83. The van der Waals surface area contributed by atoms with Gasteiger partial charge in [-0.3, -0.25) is 10.2 Å². The average molecular weight is 390 g/mol. The standard InChI is InChI=1S/C19H21ClN4O3/c1-26-17-10-15(5-2-12(17)11-21)27-14-6-3-13(4-7-14)24-19(25)16(22)8-9-18(20)23/h2,5,8-10,13-14,22-23H,3-4,6-7H2,1H3,(H,24,25)/p+1/b9-8-,22-16?,23-18?. The largest absolute Gasteiger partial charge is 0.495 e. The molecule has 1 fully saturated rings. The molecule has 0 aromatic heterocycles. The van der Waals surface area contributed by atoms with E-state index in [4.69, 9.17) is 37.2 Å². The lowest BCUT2D eigenvalue weighted by molar-refractivity contribution is -0.115. The van der Waals surface area contributed by atoms with E-state index >= 15 is 0 Å². The molecule has 1 aliphatic rings. The number of hydrogen-bond acceptors (Lipinski definition) is 5. The molecule has 1 aliphatic carbocycles. The molecule has 4 N–H and O–H groups in total. The average Bonchev–Trinajstić information content (AvgIpc) is 2.67. The van der Waals surface area contributed by atoms with Crippen LogP contribution in [0.1, 0.15) is 31.2 Å². The van der Waals surface area contributed by atoms with E-state index < -0.39 is 5.91 Å². The summed E-state index contributed by atoms with van der Waals surface area (Å²) in [5.74, 6) is 0.683. The van der Waals surface area contributed by atoms with Gasteiger partial charge in [0.15, 0.2) is 0 Å². The van der Waals surface area contributed by atoms with Gasteiger partial charge in [-0.15, -0.1) is 0 Å². The van der Waals surface area contributed by atoms with Gasteiger partial charge in [0, 0.05) is 18.2 Å². The summed E-state index contributed by atoms with van der Waals surface area (Å²) in [7, 11) is 1.51. The summed E-state index contributed by atoms with van der Waals surface area (Å²) in [5.41, 5.74) is 0.267. The summed E-state index contributed by atoms with van der Waals surface area (Å²) in [6.07, 6.45) is 5.67. The molecule has 0 spiro atoms. The lowest BCUT2D eigenvalue weighted by atomic mass is 9.92. The number of benzene rings is 1. The van der Waals surface area contributed by atoms with Gasteiger partial charge >= 0.3 is 0 Å². The van der Waals surface area contributed by atoms with E-state index in [1.165, 1.54) is 19.3 Å². The van der Waals surface area contributed by atoms with Crippen molar-refractivity contribution in [2.24, 2.45) is 0 Å². The number of rotatable bonds is 7. The van der Waals surface area contributed by atoms with Crippen LogP contribution in [0.15, 0.2) is 30.4 Å². The Morgan fingerprint density at radius 3 is 2.67 bits per heavy atom. The second-order valence-corrected chi connectivity index (χ2v) is 6.61. The van der Waals surface area contributed by atoms with E-state index in [1.54, 1.807) is 18.2 Å². The summed E-state index contributed by atoms with van der Waals surface area (Å²) < 4.78 is 11.2. The van der Waals surface area contributed by atoms with Gasteiger partial charge in [0.05, 0.1) is 18.8 Å². The zero-order valence-corrected chi connectivity index (χ0v) is 15.8. The first-order valence-corrected chi connectivity index (χ1v) is 8.91. The molecule has 0 bridgehead atoms. The van der Waals surface area contributed by atoms with E-state index in [9.17, 15) is 4.79 Å². The topological polar surface area (TPSA) is 121 Å². The quantitative estimate of drug-likeness (QED) is 0.609. The highest BCUT2D eigenvalue weighted by atomic mass is 35.5. The first-order valence-electron chi connectivity index (χ1n) is 8.53. The Kier molecular flexibility index (Phi) is 7.38. The molecule has 2 rings (SSSR count). The van der Waals surface area contributed by atoms with Crippen LogP contribution in [0.5, 0.6) is 11.5 Å². The second kappa shape index (κ2) is 9.74. The first-order chi connectivity index (χ1) is 12.9. The minimum absolute atomic E-state index is 0.000992. The molecule has 1 aromatic rings. The number of methoxy groups -OCH3 is 1. The first kappa shape index (κ1) is 20.5. The molecule has 0 aliphatic heterocycles. The minimum Gasteiger partial charge on any atom is -0.495 e. The van der Waals surface area contributed by atoms with E-state index in [2.05, 4.69) is 11.4 Å². The molecule has 0 unspecified atom stereocenters. The molecule has 0 radical (unpaired) electrons. The maximum absolute atomic E-state index is 12.0. The Morgan fingerprint density at radius 2 is 2.07 bits per heavy atom. The maximum atomic E-state index is 12.0. The van der Waals surface area contributed by atoms with Crippen molar-refractivity contribution in [1.29, 1.82) is 10.7 Å². The monoisotopic (exact) mass is 389 g/mol. The highest BCUT2D eigenvalue weighted by Crippen LogP contribution is 2.28. The second-order valence-electron chi connectivity index (χ2n) is 6.17. The van der Waals surface area contributed by atoms with Gasteiger partial charge < -0.3 is 14.8 Å². The molecule has 0 atom stereocenters. The highest BCUT2D eigenvalue weighted by Gasteiger charge is 2.24. The van der Waals surface area contributed by atoms with Crippen molar-refractivity contribution in [2.75, 3.05) is 7.11 Å². The third-order valence-electron chi connectivity index (χ3n) is 4.26. The van der Waals surface area contributed by atoms with Crippen molar-refractivity contribution in [3.05, 3.63) is 35.9 Å². The molecule has 7 nitrogen and oxygen atoms in total. The lowest BCUT2D eigenvalue weighted by Gasteiger charge is -2.29. The molecule has 1 saturated carbocycles.